The lowest BCUT2D eigenvalue weighted by atomic mass is 9.79. The number of fused-ring (bicyclic) bond motifs is 1. The van der Waals surface area contributed by atoms with Crippen molar-refractivity contribution in [3.05, 3.63) is 45.9 Å². The minimum Gasteiger partial charge on any atom is -0.494 e. The van der Waals surface area contributed by atoms with Gasteiger partial charge in [0.25, 0.3) is 0 Å². The topological polar surface area (TPSA) is 190 Å². The number of aryl methyl sites for hydroxylation is 1. The van der Waals surface area contributed by atoms with Gasteiger partial charge in [0.2, 0.25) is 11.8 Å². The van der Waals surface area contributed by atoms with Gasteiger partial charge in [-0.2, -0.15) is 0 Å². The lowest BCUT2D eigenvalue weighted by Gasteiger charge is -2.39. The number of piperazine rings is 2. The van der Waals surface area contributed by atoms with Crippen molar-refractivity contribution in [2.75, 3.05) is 81.0 Å². The maximum atomic E-state index is 13.1. The number of carboxylic acids is 1. The highest BCUT2D eigenvalue weighted by Gasteiger charge is 2.42. The Hall–Kier alpha value is -4.31. The van der Waals surface area contributed by atoms with Crippen molar-refractivity contribution < 1.29 is 33.8 Å². The number of amides is 6. The third kappa shape index (κ3) is 10.3. The Bertz CT molecular complexity index is 1740. The van der Waals surface area contributed by atoms with Crippen LogP contribution in [0.5, 0.6) is 5.75 Å². The summed E-state index contributed by atoms with van der Waals surface area (Å²) < 4.78 is 5.93. The summed E-state index contributed by atoms with van der Waals surface area (Å²) in [4.78, 5) is 69.4. The average molecular weight is 790 g/mol. The van der Waals surface area contributed by atoms with Crippen molar-refractivity contribution in [2.45, 2.75) is 58.4 Å². The van der Waals surface area contributed by atoms with Gasteiger partial charge in [0, 0.05) is 70.5 Å². The first-order chi connectivity index (χ1) is 25.5. The van der Waals surface area contributed by atoms with E-state index >= 15 is 0 Å². The number of hydrogen-bond donors (Lipinski definition) is 5. The first-order valence-electron chi connectivity index (χ1n) is 18.2. The number of ether oxygens (including phenoxy) is 1. The van der Waals surface area contributed by atoms with Crippen molar-refractivity contribution >= 4 is 70.1 Å². The highest BCUT2D eigenvalue weighted by molar-refractivity contribution is 6.45. The quantitative estimate of drug-likeness (QED) is 0.192. The van der Waals surface area contributed by atoms with Gasteiger partial charge in [0.15, 0.2) is 0 Å². The van der Waals surface area contributed by atoms with Gasteiger partial charge >= 0.3 is 18.0 Å². The van der Waals surface area contributed by atoms with E-state index in [1.807, 2.05) is 18.2 Å². The van der Waals surface area contributed by atoms with Gasteiger partial charge in [0.05, 0.1) is 39.0 Å². The number of nitrogens with one attached hydrogen (secondary N) is 3. The molecule has 0 radical (unpaired) electrons. The fourth-order valence-corrected chi connectivity index (χ4v) is 7.52. The van der Waals surface area contributed by atoms with Crippen molar-refractivity contribution in [3.63, 3.8) is 0 Å². The molecule has 2 aromatic rings. The van der Waals surface area contributed by atoms with Gasteiger partial charge in [-0.3, -0.25) is 24.6 Å². The zero-order chi connectivity index (χ0) is 39.2. The molecule has 2 saturated heterocycles. The van der Waals surface area contributed by atoms with Gasteiger partial charge in [-0.05, 0) is 76.8 Å². The predicted octanol–water partition coefficient (Wildman–Crippen LogP) is 4.46. The SMILES string of the molecule is CC(C)(CC(C)(N)C(=O)N1CCN(C(=O)NC(=O)Nc2ccc(N3CCN(CCCCOc4ccc5c(c4)NC(=O)CC5)CC3)c(Cl)c2Cl)CC1)C(=O)O. The minimum atomic E-state index is -1.40. The number of unbranched alkanes of at least 4 members (excludes halogenated alkanes) is 1. The summed E-state index contributed by atoms with van der Waals surface area (Å²) in [5.74, 6) is -0.651. The van der Waals surface area contributed by atoms with Gasteiger partial charge in [-0.1, -0.05) is 29.3 Å². The Labute approximate surface area is 325 Å². The number of benzene rings is 2. The maximum absolute atomic E-state index is 13.1. The summed E-state index contributed by atoms with van der Waals surface area (Å²) in [6.45, 7) is 9.95. The lowest BCUT2D eigenvalue weighted by molar-refractivity contribution is -0.150. The van der Waals surface area contributed by atoms with E-state index in [1.165, 1.54) is 30.6 Å². The molecule has 0 aromatic heterocycles. The zero-order valence-corrected chi connectivity index (χ0v) is 32.5. The van der Waals surface area contributed by atoms with Crippen LogP contribution >= 0.6 is 23.2 Å². The molecular formula is C37H50Cl2N8O7. The average Bonchev–Trinajstić information content (AvgIpc) is 3.13. The Balaban J connectivity index is 1.01. The smallest absolute Gasteiger partial charge is 0.327 e. The van der Waals surface area contributed by atoms with E-state index in [2.05, 4.69) is 25.8 Å². The molecule has 2 fully saturated rings. The molecule has 0 saturated carbocycles. The van der Waals surface area contributed by atoms with Crippen LogP contribution < -0.4 is 31.3 Å². The normalized spacial score (nSPS) is 17.6. The molecule has 5 rings (SSSR count). The highest BCUT2D eigenvalue weighted by Crippen LogP contribution is 2.38. The Morgan fingerprint density at radius 3 is 2.28 bits per heavy atom. The van der Waals surface area contributed by atoms with Crippen molar-refractivity contribution in [2.24, 2.45) is 11.1 Å². The number of hydrogen-bond acceptors (Lipinski definition) is 9. The first-order valence-corrected chi connectivity index (χ1v) is 19.0. The second-order valence-electron chi connectivity index (χ2n) is 15.0. The van der Waals surface area contributed by atoms with Crippen molar-refractivity contribution in [1.29, 1.82) is 0 Å². The lowest BCUT2D eigenvalue weighted by Crippen LogP contribution is -2.61. The summed E-state index contributed by atoms with van der Waals surface area (Å²) in [5, 5.41) is 17.7. The molecule has 2 aromatic carbocycles. The second-order valence-corrected chi connectivity index (χ2v) is 15.7. The molecule has 3 heterocycles. The van der Waals surface area contributed by atoms with Crippen LogP contribution in [0.3, 0.4) is 0 Å². The van der Waals surface area contributed by atoms with Gasteiger partial charge in [-0.15, -0.1) is 0 Å². The van der Waals surface area contributed by atoms with Gasteiger partial charge in [0.1, 0.15) is 5.75 Å². The number of nitrogens with two attached hydrogens (primary N) is 1. The number of nitrogens with zero attached hydrogens (tertiary/aromatic N) is 4. The van der Waals surface area contributed by atoms with E-state index in [-0.39, 0.29) is 49.2 Å². The number of imide groups is 1. The molecule has 294 valence electrons. The number of anilines is 3. The molecule has 0 aliphatic carbocycles. The number of carboxylic acid groups (broad SMARTS) is 1. The molecule has 1 unspecified atom stereocenters. The molecule has 0 bridgehead atoms. The van der Waals surface area contributed by atoms with E-state index in [4.69, 9.17) is 33.7 Å². The predicted molar refractivity (Wildman–Crippen MR) is 208 cm³/mol. The standard InChI is InChI=1S/C37H50Cl2N8O7/c1-36(2,33(50)51)23-37(3,40)32(49)46-17-19-47(20-18-46)35(53)43-34(52)42-26-9-10-28(31(39)30(26)38)45-15-13-44(14-16-45)12-4-5-21-54-25-8-6-24-7-11-29(48)41-27(24)22-25/h6,8-10,22H,4-5,7,11-21,23,40H2,1-3H3,(H,41,48)(H,50,51)(H2,42,43,52,53). The van der Waals surface area contributed by atoms with Gasteiger partial charge < -0.3 is 40.9 Å². The number of aliphatic carboxylic acids is 1. The molecule has 17 heteroatoms. The van der Waals surface area contributed by atoms with E-state index in [1.54, 1.807) is 12.1 Å². The molecule has 6 amide bonds. The fourth-order valence-electron chi connectivity index (χ4n) is 7.03. The molecular weight excluding hydrogens is 739 g/mol. The van der Waals surface area contributed by atoms with Crippen LogP contribution in [0.2, 0.25) is 10.0 Å². The zero-order valence-electron chi connectivity index (χ0n) is 31.0. The van der Waals surface area contributed by atoms with Crippen molar-refractivity contribution in [1.82, 2.24) is 20.0 Å². The number of carbonyl (C=O) groups is 5. The largest absolute Gasteiger partial charge is 0.494 e. The number of urea groups is 2. The molecule has 54 heavy (non-hydrogen) atoms. The van der Waals surface area contributed by atoms with Crippen molar-refractivity contribution in [3.8, 4) is 5.75 Å². The number of halogens is 2. The molecule has 1 atom stereocenters. The van der Waals surface area contributed by atoms with E-state index in [9.17, 15) is 29.1 Å². The minimum absolute atomic E-state index is 0.0366. The van der Waals surface area contributed by atoms with E-state index in [0.717, 1.165) is 74.7 Å². The summed E-state index contributed by atoms with van der Waals surface area (Å²) >= 11 is 13.3. The molecule has 0 spiro atoms. The third-order valence-corrected chi connectivity index (χ3v) is 11.0. The first kappa shape index (κ1) is 40.9. The second kappa shape index (κ2) is 17.4. The molecule has 6 N–H and O–H groups in total. The van der Waals surface area contributed by atoms with E-state index in [0.29, 0.717) is 18.1 Å². The maximum Gasteiger partial charge on any atom is 0.327 e. The van der Waals surface area contributed by atoms with Crippen LogP contribution in [-0.2, 0) is 20.8 Å². The number of carbonyl (C=O) groups excluding carboxylic acids is 4. The summed E-state index contributed by atoms with van der Waals surface area (Å²) in [6.07, 6.45) is 3.10. The summed E-state index contributed by atoms with van der Waals surface area (Å²) in [6, 6.07) is 7.88. The monoisotopic (exact) mass is 788 g/mol. The molecule has 3 aliphatic heterocycles. The fraction of sp³-hybridized carbons (Fsp3) is 0.541. The Morgan fingerprint density at radius 2 is 1.59 bits per heavy atom. The van der Waals surface area contributed by atoms with Crippen LogP contribution in [0, 0.1) is 5.41 Å². The van der Waals surface area contributed by atoms with Crippen LogP contribution in [0.4, 0.5) is 26.7 Å². The Morgan fingerprint density at radius 1 is 0.907 bits per heavy atom. The summed E-state index contributed by atoms with van der Waals surface area (Å²) in [5.41, 5.74) is 6.63. The number of rotatable bonds is 12. The van der Waals surface area contributed by atoms with Crippen LogP contribution in [0.1, 0.15) is 52.0 Å². The molecule has 15 nitrogen and oxygen atoms in total. The third-order valence-electron chi connectivity index (χ3n) is 10.1. The highest BCUT2D eigenvalue weighted by atomic mass is 35.5. The van der Waals surface area contributed by atoms with E-state index < -0.39 is 34.9 Å². The van der Waals surface area contributed by atoms with Crippen LogP contribution in [0.25, 0.3) is 0 Å². The molecule has 3 aliphatic rings. The van der Waals surface area contributed by atoms with Gasteiger partial charge in [-0.25, -0.2) is 9.59 Å². The van der Waals surface area contributed by atoms with Crippen LogP contribution in [0.15, 0.2) is 30.3 Å². The Kier molecular flexibility index (Phi) is 13.2. The summed E-state index contributed by atoms with van der Waals surface area (Å²) in [7, 11) is 0. The van der Waals surface area contributed by atoms with Crippen LogP contribution in [-0.4, -0.2) is 121 Å².